The van der Waals surface area contributed by atoms with Crippen LogP contribution >= 0.6 is 11.3 Å². The number of para-hydroxylation sites is 1. The number of pyridine rings is 1. The lowest BCUT2D eigenvalue weighted by atomic mass is 9.88. The van der Waals surface area contributed by atoms with Crippen molar-refractivity contribution in [1.82, 2.24) is 9.97 Å². The summed E-state index contributed by atoms with van der Waals surface area (Å²) < 4.78 is 47.4. The van der Waals surface area contributed by atoms with Crippen LogP contribution in [-0.2, 0) is 6.37 Å². The molecular formula is C24H22N2OS. The van der Waals surface area contributed by atoms with Gasteiger partial charge in [0.25, 0.3) is 0 Å². The molecular weight excluding hydrogens is 364 g/mol. The molecule has 0 saturated carbocycles. The van der Waals surface area contributed by atoms with E-state index in [9.17, 15) is 0 Å². The first-order valence-electron chi connectivity index (χ1n) is 11.6. The molecule has 0 unspecified atom stereocenters. The van der Waals surface area contributed by atoms with E-state index in [0.717, 1.165) is 32.4 Å². The molecule has 0 bridgehead atoms. The van der Waals surface area contributed by atoms with Gasteiger partial charge in [0.15, 0.2) is 5.58 Å². The van der Waals surface area contributed by atoms with Gasteiger partial charge in [0.1, 0.15) is 11.1 Å². The van der Waals surface area contributed by atoms with Crippen molar-refractivity contribution < 1.29 is 11.3 Å². The quantitative estimate of drug-likeness (QED) is 0.320. The first-order valence-corrected chi connectivity index (χ1v) is 9.92. The molecule has 28 heavy (non-hydrogen) atoms. The van der Waals surface area contributed by atoms with E-state index in [-0.39, 0.29) is 5.01 Å². The van der Waals surface area contributed by atoms with Crippen LogP contribution in [0.5, 0.6) is 0 Å². The zero-order valence-corrected chi connectivity index (χ0v) is 16.6. The normalized spacial score (nSPS) is 16.0. The summed E-state index contributed by atoms with van der Waals surface area (Å²) in [5.41, 5.74) is 3.02. The Kier molecular flexibility index (Phi) is 2.78. The van der Waals surface area contributed by atoms with Crippen LogP contribution in [-0.4, -0.2) is 9.97 Å². The summed E-state index contributed by atoms with van der Waals surface area (Å²) in [6.45, 7) is 3.35. The molecule has 5 rings (SSSR count). The maximum atomic E-state index is 8.63. The average Bonchev–Trinajstić information content (AvgIpc) is 3.34. The van der Waals surface area contributed by atoms with E-state index >= 15 is 0 Å². The van der Waals surface area contributed by atoms with Gasteiger partial charge in [0.2, 0.25) is 0 Å². The molecule has 4 heteroatoms. The Morgan fingerprint density at radius 2 is 1.96 bits per heavy atom. The summed E-state index contributed by atoms with van der Waals surface area (Å²) in [6, 6.07) is 13.1. The third kappa shape index (κ3) is 2.89. The number of aryl methyl sites for hydroxylation is 1. The third-order valence-electron chi connectivity index (χ3n) is 4.58. The fourth-order valence-electron chi connectivity index (χ4n) is 3.54. The van der Waals surface area contributed by atoms with Crippen LogP contribution in [0.2, 0.25) is 0 Å². The summed E-state index contributed by atoms with van der Waals surface area (Å²) in [5, 5.41) is 1.81. The van der Waals surface area contributed by atoms with Gasteiger partial charge in [-0.3, -0.25) is 4.98 Å². The zero-order valence-electron chi connectivity index (χ0n) is 20.8. The first-order chi connectivity index (χ1) is 15.4. The molecule has 2 aromatic carbocycles. The van der Waals surface area contributed by atoms with Gasteiger partial charge in [-0.05, 0) is 54.5 Å². The lowest BCUT2D eigenvalue weighted by Gasteiger charge is -2.18. The van der Waals surface area contributed by atoms with E-state index in [1.54, 1.807) is 18.3 Å². The fourth-order valence-corrected chi connectivity index (χ4v) is 4.25. The van der Waals surface area contributed by atoms with Crippen LogP contribution in [0, 0.1) is 12.3 Å². The van der Waals surface area contributed by atoms with Crippen molar-refractivity contribution in [2.75, 3.05) is 0 Å². The number of benzene rings is 2. The predicted molar refractivity (Wildman–Crippen MR) is 118 cm³/mol. The molecule has 0 amide bonds. The number of hydrogen-bond acceptors (Lipinski definition) is 4. The van der Waals surface area contributed by atoms with Gasteiger partial charge in [0, 0.05) is 29.4 Å². The highest BCUT2D eigenvalue weighted by Crippen LogP contribution is 2.39. The summed E-state index contributed by atoms with van der Waals surface area (Å²) in [4.78, 5) is 8.89. The van der Waals surface area contributed by atoms with Crippen molar-refractivity contribution in [2.45, 2.75) is 34.0 Å². The van der Waals surface area contributed by atoms with Gasteiger partial charge in [-0.1, -0.05) is 32.9 Å². The number of aromatic nitrogens is 2. The Balaban J connectivity index is 1.74. The van der Waals surface area contributed by atoms with Crippen molar-refractivity contribution in [3.63, 3.8) is 0 Å². The van der Waals surface area contributed by atoms with E-state index in [1.807, 2.05) is 51.1 Å². The topological polar surface area (TPSA) is 38.9 Å². The number of fused-ring (bicyclic) bond motifs is 5. The Hall–Kier alpha value is -2.72. The summed E-state index contributed by atoms with van der Waals surface area (Å²) >= 11 is 1.15. The molecule has 0 aliphatic rings. The second-order valence-electron chi connectivity index (χ2n) is 7.90. The molecule has 0 spiro atoms. The van der Waals surface area contributed by atoms with E-state index in [2.05, 4.69) is 9.97 Å². The minimum absolute atomic E-state index is 0.0875. The molecule has 3 nitrogen and oxygen atoms in total. The summed E-state index contributed by atoms with van der Waals surface area (Å²) in [7, 11) is 0. The highest BCUT2D eigenvalue weighted by Gasteiger charge is 2.17. The van der Waals surface area contributed by atoms with E-state index < -0.39 is 18.6 Å². The van der Waals surface area contributed by atoms with Gasteiger partial charge in [0.05, 0.1) is 15.4 Å². The molecule has 3 aromatic heterocycles. The Labute approximate surface area is 175 Å². The van der Waals surface area contributed by atoms with Crippen LogP contribution in [0.25, 0.3) is 43.4 Å². The van der Waals surface area contributed by atoms with Crippen LogP contribution in [0.4, 0.5) is 0 Å². The maximum absolute atomic E-state index is 8.63. The van der Waals surface area contributed by atoms with Crippen molar-refractivity contribution in [2.24, 2.45) is 5.41 Å². The standard InChI is InChI=1S/C24H22N2OS/c1-14-26-21-20(28-14)9-8-17-16-6-5-7-18(22(16)27-23(17)21)19-12-15(10-11-25-19)13-24(2,3)4/h5-12H,13H2,1-4H3/i1D3,13D2. The molecule has 0 saturated heterocycles. The average molecular weight is 392 g/mol. The number of rotatable bonds is 2. The molecule has 0 atom stereocenters. The van der Waals surface area contributed by atoms with Crippen LogP contribution < -0.4 is 0 Å². The second-order valence-corrected chi connectivity index (χ2v) is 8.93. The summed E-state index contributed by atoms with van der Waals surface area (Å²) in [6.07, 6.45) is 0.0713. The van der Waals surface area contributed by atoms with Gasteiger partial charge in [-0.25, -0.2) is 4.98 Å². The minimum Gasteiger partial charge on any atom is -0.453 e. The number of thiazole rings is 1. The number of nitrogens with zero attached hydrogens (tertiary/aromatic N) is 2. The molecule has 0 N–H and O–H groups in total. The Morgan fingerprint density at radius 3 is 2.79 bits per heavy atom. The molecule has 0 aliphatic heterocycles. The van der Waals surface area contributed by atoms with E-state index in [1.165, 1.54) is 0 Å². The van der Waals surface area contributed by atoms with Gasteiger partial charge in [-0.2, -0.15) is 0 Å². The van der Waals surface area contributed by atoms with Crippen molar-refractivity contribution in [3.05, 3.63) is 59.2 Å². The van der Waals surface area contributed by atoms with Crippen molar-refractivity contribution in [3.8, 4) is 11.3 Å². The van der Waals surface area contributed by atoms with Gasteiger partial charge < -0.3 is 4.42 Å². The van der Waals surface area contributed by atoms with Crippen LogP contribution in [0.1, 0.15) is 38.2 Å². The first kappa shape index (κ1) is 12.7. The fraction of sp³-hybridized carbons (Fsp3) is 0.250. The van der Waals surface area contributed by atoms with Crippen molar-refractivity contribution >= 4 is 43.5 Å². The molecule has 3 heterocycles. The molecule has 5 aromatic rings. The largest absolute Gasteiger partial charge is 0.453 e. The van der Waals surface area contributed by atoms with Gasteiger partial charge in [-0.15, -0.1) is 11.3 Å². The lowest BCUT2D eigenvalue weighted by molar-refractivity contribution is 0.411. The van der Waals surface area contributed by atoms with E-state index in [0.29, 0.717) is 27.9 Å². The lowest BCUT2D eigenvalue weighted by Crippen LogP contribution is -2.09. The molecule has 0 radical (unpaired) electrons. The molecule has 0 fully saturated rings. The number of furan rings is 1. The highest BCUT2D eigenvalue weighted by atomic mass is 32.1. The maximum Gasteiger partial charge on any atom is 0.162 e. The SMILES string of the molecule is [2H]C([2H])([2H])c1nc2c(ccc3c4cccc(-c5cc(C([2H])([2H])C(C)(C)C)ccn5)c4oc32)s1. The smallest absolute Gasteiger partial charge is 0.162 e. The van der Waals surface area contributed by atoms with Crippen molar-refractivity contribution in [1.29, 1.82) is 0 Å². The molecule has 0 aliphatic carbocycles. The molecule has 140 valence electrons. The monoisotopic (exact) mass is 391 g/mol. The van der Waals surface area contributed by atoms with E-state index in [4.69, 9.17) is 11.3 Å². The summed E-state index contributed by atoms with van der Waals surface area (Å²) in [5.74, 6) is 0. The van der Waals surface area contributed by atoms with Gasteiger partial charge >= 0.3 is 0 Å². The predicted octanol–water partition coefficient (Wildman–Crippen LogP) is 7.15. The highest BCUT2D eigenvalue weighted by molar-refractivity contribution is 7.18. The Morgan fingerprint density at radius 1 is 1.11 bits per heavy atom. The minimum atomic E-state index is -2.27. The Bertz CT molecular complexity index is 1530. The zero-order chi connectivity index (χ0) is 23.8. The third-order valence-corrected chi connectivity index (χ3v) is 5.41. The van der Waals surface area contributed by atoms with Crippen LogP contribution in [0.15, 0.2) is 53.1 Å². The number of hydrogen-bond donors (Lipinski definition) is 0. The second kappa shape index (κ2) is 6.14. The van der Waals surface area contributed by atoms with Crippen LogP contribution in [0.3, 0.4) is 0 Å².